The molecule has 0 aliphatic carbocycles. The number of nitro benzene ring substituents is 1. The van der Waals surface area contributed by atoms with Crippen LogP contribution in [-0.2, 0) is 6.54 Å². The summed E-state index contributed by atoms with van der Waals surface area (Å²) >= 11 is 0. The third kappa shape index (κ3) is 5.09. The van der Waals surface area contributed by atoms with E-state index >= 15 is 0 Å². The van der Waals surface area contributed by atoms with Gasteiger partial charge in [0.2, 0.25) is 0 Å². The summed E-state index contributed by atoms with van der Waals surface area (Å²) in [5, 5.41) is 22.4. The van der Waals surface area contributed by atoms with E-state index in [2.05, 4.69) is 34.4 Å². The van der Waals surface area contributed by atoms with Crippen molar-refractivity contribution >= 4 is 22.7 Å². The average molecular weight is 341 g/mol. The van der Waals surface area contributed by atoms with Gasteiger partial charge in [0.15, 0.2) is 0 Å². The molecule has 7 heteroatoms. The number of rotatable bonds is 8. The highest BCUT2D eigenvalue weighted by Gasteiger charge is 2.13. The Morgan fingerprint density at radius 1 is 1.12 bits per heavy atom. The summed E-state index contributed by atoms with van der Waals surface area (Å²) in [6.07, 6.45) is 1.09. The lowest BCUT2D eigenvalue weighted by molar-refractivity contribution is -0.385. The first kappa shape index (κ1) is 18.5. The minimum atomic E-state index is -0.390. The highest BCUT2D eigenvalue weighted by Crippen LogP contribution is 2.26. The molecule has 2 rings (SSSR count). The van der Waals surface area contributed by atoms with Gasteiger partial charge in [-0.15, -0.1) is 0 Å². The lowest BCUT2D eigenvalue weighted by atomic mass is 10.1. The fourth-order valence-corrected chi connectivity index (χ4v) is 2.50. The second-order valence-corrected chi connectivity index (χ2v) is 5.74. The molecule has 7 nitrogen and oxygen atoms in total. The van der Waals surface area contributed by atoms with E-state index in [0.717, 1.165) is 24.3 Å². The largest absolute Gasteiger partial charge is 0.375 e. The molecule has 0 unspecified atom stereocenters. The van der Waals surface area contributed by atoms with E-state index in [1.54, 1.807) is 19.2 Å². The average Bonchev–Trinajstić information content (AvgIpc) is 2.61. The lowest BCUT2D eigenvalue weighted by Gasteiger charge is -2.17. The summed E-state index contributed by atoms with van der Waals surface area (Å²) in [7, 11) is 3.80. The van der Waals surface area contributed by atoms with Crippen molar-refractivity contribution in [2.75, 3.05) is 25.5 Å². The Kier molecular flexibility index (Phi) is 6.59. The van der Waals surface area contributed by atoms with Crippen molar-refractivity contribution in [3.63, 3.8) is 0 Å². The van der Waals surface area contributed by atoms with Crippen LogP contribution in [0.2, 0.25) is 0 Å². The van der Waals surface area contributed by atoms with E-state index in [0.29, 0.717) is 17.8 Å². The fourth-order valence-electron chi connectivity index (χ4n) is 2.50. The Hall–Kier alpha value is -2.80. The Morgan fingerprint density at radius 3 is 2.36 bits per heavy atom. The highest BCUT2D eigenvalue weighted by molar-refractivity contribution is 5.53. The normalized spacial score (nSPS) is 11.0. The molecule has 0 spiro atoms. The number of azo groups is 1. The summed E-state index contributed by atoms with van der Waals surface area (Å²) in [5.74, 6) is 0. The van der Waals surface area contributed by atoms with Gasteiger partial charge in [0.05, 0.1) is 16.3 Å². The molecule has 2 aromatic rings. The molecule has 0 saturated carbocycles. The van der Waals surface area contributed by atoms with Crippen LogP contribution in [0.1, 0.15) is 18.9 Å². The van der Waals surface area contributed by atoms with Crippen LogP contribution in [-0.4, -0.2) is 25.6 Å². The molecular weight excluding hydrogens is 318 g/mol. The molecule has 1 N–H and O–H groups in total. The van der Waals surface area contributed by atoms with E-state index in [1.165, 1.54) is 6.07 Å². The molecule has 132 valence electrons. The van der Waals surface area contributed by atoms with Crippen LogP contribution in [0.15, 0.2) is 52.7 Å². The van der Waals surface area contributed by atoms with E-state index in [9.17, 15) is 10.1 Å². The van der Waals surface area contributed by atoms with Crippen molar-refractivity contribution in [1.29, 1.82) is 0 Å². The Balaban J connectivity index is 2.15. The van der Waals surface area contributed by atoms with Crippen molar-refractivity contribution in [2.24, 2.45) is 10.2 Å². The van der Waals surface area contributed by atoms with Crippen molar-refractivity contribution in [2.45, 2.75) is 19.9 Å². The topological polar surface area (TPSA) is 83.1 Å². The maximum atomic E-state index is 11.0. The summed E-state index contributed by atoms with van der Waals surface area (Å²) in [6.45, 7) is 3.54. The molecule has 0 aliphatic heterocycles. The predicted molar refractivity (Wildman–Crippen MR) is 100 cm³/mol. The van der Waals surface area contributed by atoms with Gasteiger partial charge in [0, 0.05) is 37.5 Å². The molecule has 0 fully saturated rings. The molecule has 0 saturated heterocycles. The molecule has 2 aromatic carbocycles. The zero-order chi connectivity index (χ0) is 18.2. The van der Waals surface area contributed by atoms with Gasteiger partial charge in [0.1, 0.15) is 0 Å². The summed E-state index contributed by atoms with van der Waals surface area (Å²) < 4.78 is 0. The third-order valence-corrected chi connectivity index (χ3v) is 3.76. The summed E-state index contributed by atoms with van der Waals surface area (Å²) in [6, 6.07) is 12.6. The van der Waals surface area contributed by atoms with Crippen LogP contribution >= 0.6 is 0 Å². The minimum absolute atomic E-state index is 0.0802. The van der Waals surface area contributed by atoms with Crippen molar-refractivity contribution in [3.8, 4) is 0 Å². The number of nitrogens with one attached hydrogen (secondary N) is 1. The molecule has 0 bridgehead atoms. The first-order chi connectivity index (χ1) is 12.0. The maximum Gasteiger partial charge on any atom is 0.274 e. The zero-order valence-corrected chi connectivity index (χ0v) is 14.8. The van der Waals surface area contributed by atoms with Gasteiger partial charge in [-0.05, 0) is 49.9 Å². The summed E-state index contributed by atoms with van der Waals surface area (Å²) in [5.41, 5.74) is 3.12. The number of benzene rings is 2. The first-order valence-electron chi connectivity index (χ1n) is 8.20. The quantitative estimate of drug-likeness (QED) is 0.433. The second kappa shape index (κ2) is 8.89. The zero-order valence-electron chi connectivity index (χ0n) is 14.8. The van der Waals surface area contributed by atoms with Gasteiger partial charge in [-0.25, -0.2) is 0 Å². The van der Waals surface area contributed by atoms with Crippen LogP contribution in [0.3, 0.4) is 0 Å². The molecule has 0 amide bonds. The molecular formula is C18H23N5O2. The summed E-state index contributed by atoms with van der Waals surface area (Å²) in [4.78, 5) is 12.8. The molecule has 25 heavy (non-hydrogen) atoms. The monoisotopic (exact) mass is 341 g/mol. The Bertz CT molecular complexity index is 744. The minimum Gasteiger partial charge on any atom is -0.375 e. The van der Waals surface area contributed by atoms with E-state index in [4.69, 9.17) is 0 Å². The number of nitrogens with zero attached hydrogens (tertiary/aromatic N) is 4. The fraction of sp³-hybridized carbons (Fsp3) is 0.333. The van der Waals surface area contributed by atoms with Crippen LogP contribution in [0.4, 0.5) is 22.7 Å². The molecule has 0 radical (unpaired) electrons. The van der Waals surface area contributed by atoms with Crippen LogP contribution in [0.5, 0.6) is 0 Å². The van der Waals surface area contributed by atoms with E-state index < -0.39 is 0 Å². The van der Waals surface area contributed by atoms with Gasteiger partial charge in [-0.3, -0.25) is 10.1 Å². The predicted octanol–water partition coefficient (Wildman–Crippen LogP) is 4.58. The van der Waals surface area contributed by atoms with Crippen LogP contribution in [0.25, 0.3) is 0 Å². The number of nitro groups is 1. The first-order valence-corrected chi connectivity index (χ1v) is 8.20. The molecule has 0 atom stereocenters. The number of hydrogen-bond donors (Lipinski definition) is 1. The smallest absolute Gasteiger partial charge is 0.274 e. The third-order valence-electron chi connectivity index (χ3n) is 3.76. The van der Waals surface area contributed by atoms with Crippen LogP contribution in [0, 0.1) is 10.1 Å². The van der Waals surface area contributed by atoms with Gasteiger partial charge in [0.25, 0.3) is 5.69 Å². The SMILES string of the molecule is CCCN(C)c1ccc(N=Nc2ccc([N+](=O)[O-])c(CNC)c2)cc1. The Morgan fingerprint density at radius 2 is 1.76 bits per heavy atom. The standard InChI is InChI=1S/C18H23N5O2/c1-4-11-22(3)17-8-5-15(6-9-17)20-21-16-7-10-18(23(24)25)14(12-16)13-19-2/h5-10,12,19H,4,11,13H2,1-3H3. The van der Waals surface area contributed by atoms with Gasteiger partial charge in [-0.2, -0.15) is 10.2 Å². The van der Waals surface area contributed by atoms with E-state index in [-0.39, 0.29) is 10.6 Å². The molecule has 0 aliphatic rings. The Labute approximate surface area is 147 Å². The highest BCUT2D eigenvalue weighted by atomic mass is 16.6. The van der Waals surface area contributed by atoms with Gasteiger partial charge in [-0.1, -0.05) is 6.92 Å². The van der Waals surface area contributed by atoms with Crippen molar-refractivity contribution in [1.82, 2.24) is 5.32 Å². The second-order valence-electron chi connectivity index (χ2n) is 5.74. The van der Waals surface area contributed by atoms with Crippen LogP contribution < -0.4 is 10.2 Å². The van der Waals surface area contributed by atoms with Gasteiger partial charge >= 0.3 is 0 Å². The van der Waals surface area contributed by atoms with E-state index in [1.807, 2.05) is 24.3 Å². The molecule has 0 heterocycles. The van der Waals surface area contributed by atoms with Crippen molar-refractivity contribution < 1.29 is 4.92 Å². The molecule has 0 aromatic heterocycles. The maximum absolute atomic E-state index is 11.0. The number of hydrogen-bond acceptors (Lipinski definition) is 6. The lowest BCUT2D eigenvalue weighted by Crippen LogP contribution is -2.17. The van der Waals surface area contributed by atoms with Gasteiger partial charge < -0.3 is 10.2 Å². The number of anilines is 1. The van der Waals surface area contributed by atoms with Crippen molar-refractivity contribution in [3.05, 3.63) is 58.1 Å².